The molecule has 0 bridgehead atoms. The molecule has 2 aliphatic rings. The first kappa shape index (κ1) is 19.5. The van der Waals surface area contributed by atoms with Crippen molar-refractivity contribution in [1.29, 1.82) is 0 Å². The standard InChI is InChI=1S/C17H23F3N4O3/c1-10-7-24(11-5-3-2-4-6-11)22-14(10)21-16(27)23-8-12(15(25)26)13(9-23)17(18,19)20/h7,11-13H,2-6,8-9H2,1H3,(H,25,26)(H,21,22,27)/t12-,13-/m1/s1. The number of alkyl halides is 3. The summed E-state index contributed by atoms with van der Waals surface area (Å²) < 4.78 is 41.0. The molecule has 1 saturated carbocycles. The highest BCUT2D eigenvalue weighted by atomic mass is 19.4. The van der Waals surface area contributed by atoms with E-state index < -0.39 is 43.1 Å². The fourth-order valence-electron chi connectivity index (χ4n) is 3.87. The van der Waals surface area contributed by atoms with Gasteiger partial charge in [-0.1, -0.05) is 19.3 Å². The topological polar surface area (TPSA) is 87.5 Å². The summed E-state index contributed by atoms with van der Waals surface area (Å²) in [6, 6.07) is -0.495. The number of aryl methyl sites for hydroxylation is 1. The molecule has 0 unspecified atom stereocenters. The predicted molar refractivity (Wildman–Crippen MR) is 90.3 cm³/mol. The summed E-state index contributed by atoms with van der Waals surface area (Å²) in [5, 5.41) is 16.0. The van der Waals surface area contributed by atoms with E-state index in [-0.39, 0.29) is 6.04 Å². The van der Waals surface area contributed by atoms with Crippen molar-refractivity contribution in [3.63, 3.8) is 0 Å². The second-order valence-electron chi connectivity index (χ2n) is 7.36. The molecule has 3 rings (SSSR count). The van der Waals surface area contributed by atoms with Gasteiger partial charge in [-0.25, -0.2) is 4.79 Å². The van der Waals surface area contributed by atoms with Gasteiger partial charge in [-0.3, -0.25) is 14.8 Å². The largest absolute Gasteiger partial charge is 0.481 e. The number of hydrogen-bond donors (Lipinski definition) is 2. The first-order chi connectivity index (χ1) is 12.7. The molecule has 150 valence electrons. The Balaban J connectivity index is 1.68. The van der Waals surface area contributed by atoms with E-state index in [0.717, 1.165) is 36.1 Å². The summed E-state index contributed by atoms with van der Waals surface area (Å²) >= 11 is 0. The van der Waals surface area contributed by atoms with Crippen molar-refractivity contribution in [3.8, 4) is 0 Å². The second-order valence-corrected chi connectivity index (χ2v) is 7.36. The van der Waals surface area contributed by atoms with Crippen molar-refractivity contribution in [1.82, 2.24) is 14.7 Å². The molecule has 0 aromatic carbocycles. The Kier molecular flexibility index (Phi) is 5.34. The summed E-state index contributed by atoms with van der Waals surface area (Å²) in [5.41, 5.74) is 0.718. The maximum Gasteiger partial charge on any atom is 0.394 e. The molecule has 2 fully saturated rings. The minimum Gasteiger partial charge on any atom is -0.481 e. The summed E-state index contributed by atoms with van der Waals surface area (Å²) in [5.74, 6) is -4.98. The van der Waals surface area contributed by atoms with Crippen molar-refractivity contribution in [2.75, 3.05) is 18.4 Å². The zero-order valence-electron chi connectivity index (χ0n) is 15.0. The van der Waals surface area contributed by atoms with E-state index in [2.05, 4.69) is 10.4 Å². The number of aromatic nitrogens is 2. The van der Waals surface area contributed by atoms with Crippen LogP contribution in [-0.2, 0) is 4.79 Å². The first-order valence-corrected chi connectivity index (χ1v) is 9.08. The number of urea groups is 1. The van der Waals surface area contributed by atoms with Crippen molar-refractivity contribution in [3.05, 3.63) is 11.8 Å². The molecule has 2 N–H and O–H groups in total. The van der Waals surface area contributed by atoms with E-state index in [1.807, 2.05) is 10.9 Å². The third-order valence-corrected chi connectivity index (χ3v) is 5.43. The second kappa shape index (κ2) is 7.40. The lowest BCUT2D eigenvalue weighted by Gasteiger charge is -2.21. The molecule has 1 aliphatic carbocycles. The number of carboxylic acids is 1. The molecule has 0 spiro atoms. The van der Waals surface area contributed by atoms with E-state index in [1.165, 1.54) is 6.42 Å². The fraction of sp³-hybridized carbons (Fsp3) is 0.706. The number of nitrogens with zero attached hydrogens (tertiary/aromatic N) is 3. The van der Waals surface area contributed by atoms with Crippen LogP contribution in [0.25, 0.3) is 0 Å². The molecule has 10 heteroatoms. The van der Waals surface area contributed by atoms with E-state index in [9.17, 15) is 22.8 Å². The Morgan fingerprint density at radius 3 is 2.44 bits per heavy atom. The number of hydrogen-bond acceptors (Lipinski definition) is 3. The van der Waals surface area contributed by atoms with Crippen LogP contribution < -0.4 is 5.32 Å². The molecule has 1 saturated heterocycles. The van der Waals surface area contributed by atoms with Crippen LogP contribution in [0.1, 0.15) is 43.7 Å². The van der Waals surface area contributed by atoms with Crippen LogP contribution in [0.2, 0.25) is 0 Å². The first-order valence-electron chi connectivity index (χ1n) is 9.08. The van der Waals surface area contributed by atoms with Gasteiger partial charge in [0.15, 0.2) is 5.82 Å². The van der Waals surface area contributed by atoms with Crippen molar-refractivity contribution < 1.29 is 27.9 Å². The number of carboxylic acid groups (broad SMARTS) is 1. The number of carbonyl (C=O) groups excluding carboxylic acids is 1. The maximum atomic E-state index is 13.1. The van der Waals surface area contributed by atoms with Gasteiger partial charge in [-0.15, -0.1) is 0 Å². The lowest BCUT2D eigenvalue weighted by Crippen LogP contribution is -2.35. The van der Waals surface area contributed by atoms with Crippen LogP contribution in [-0.4, -0.2) is 51.1 Å². The van der Waals surface area contributed by atoms with Gasteiger partial charge in [0.05, 0.1) is 17.9 Å². The number of halogens is 3. The van der Waals surface area contributed by atoms with Crippen molar-refractivity contribution in [2.45, 2.75) is 51.2 Å². The molecule has 1 aliphatic heterocycles. The Morgan fingerprint density at radius 1 is 1.22 bits per heavy atom. The molecule has 7 nitrogen and oxygen atoms in total. The summed E-state index contributed by atoms with van der Waals surface area (Å²) in [6.07, 6.45) is 2.61. The monoisotopic (exact) mass is 388 g/mol. The van der Waals surface area contributed by atoms with Crippen LogP contribution >= 0.6 is 0 Å². The Morgan fingerprint density at radius 2 is 1.89 bits per heavy atom. The molecular formula is C17H23F3N4O3. The Labute approximate surface area is 154 Å². The van der Waals surface area contributed by atoms with Crippen LogP contribution in [0.3, 0.4) is 0 Å². The van der Waals surface area contributed by atoms with Crippen molar-refractivity contribution >= 4 is 17.8 Å². The minimum atomic E-state index is -4.67. The summed E-state index contributed by atoms with van der Waals surface area (Å²) in [6.45, 7) is 0.618. The summed E-state index contributed by atoms with van der Waals surface area (Å²) in [4.78, 5) is 24.4. The van der Waals surface area contributed by atoms with Crippen LogP contribution in [0.15, 0.2) is 6.20 Å². The van der Waals surface area contributed by atoms with Gasteiger partial charge in [0.25, 0.3) is 0 Å². The van der Waals surface area contributed by atoms with E-state index in [0.29, 0.717) is 5.82 Å². The van der Waals surface area contributed by atoms with E-state index in [4.69, 9.17) is 5.11 Å². The predicted octanol–water partition coefficient (Wildman–Crippen LogP) is 3.42. The van der Waals surface area contributed by atoms with Crippen molar-refractivity contribution in [2.24, 2.45) is 11.8 Å². The third-order valence-electron chi connectivity index (χ3n) is 5.43. The van der Waals surface area contributed by atoms with Crippen LogP contribution in [0.5, 0.6) is 0 Å². The number of nitrogens with one attached hydrogen (secondary N) is 1. The highest BCUT2D eigenvalue weighted by molar-refractivity contribution is 5.89. The Bertz CT molecular complexity index is 713. The van der Waals surface area contributed by atoms with Crippen LogP contribution in [0.4, 0.5) is 23.8 Å². The van der Waals surface area contributed by atoms with E-state index >= 15 is 0 Å². The SMILES string of the molecule is Cc1cn(C2CCCCC2)nc1NC(=O)N1C[C@@H](C(F)(F)F)[C@H](C(=O)O)C1. The third kappa shape index (κ3) is 4.19. The number of amides is 2. The number of rotatable bonds is 3. The molecule has 0 radical (unpaired) electrons. The van der Waals surface area contributed by atoms with Gasteiger partial charge in [0.2, 0.25) is 0 Å². The Hall–Kier alpha value is -2.26. The van der Waals surface area contributed by atoms with Gasteiger partial charge in [0, 0.05) is 24.8 Å². The minimum absolute atomic E-state index is 0.265. The zero-order valence-corrected chi connectivity index (χ0v) is 15.0. The average Bonchev–Trinajstić information content (AvgIpc) is 3.20. The molecule has 1 aromatic heterocycles. The highest BCUT2D eigenvalue weighted by Crippen LogP contribution is 2.38. The lowest BCUT2D eigenvalue weighted by molar-refractivity contribution is -0.187. The quantitative estimate of drug-likeness (QED) is 0.831. The van der Waals surface area contributed by atoms with Gasteiger partial charge >= 0.3 is 18.2 Å². The van der Waals surface area contributed by atoms with E-state index in [1.54, 1.807) is 6.92 Å². The molecule has 2 atom stereocenters. The maximum absolute atomic E-state index is 13.1. The number of anilines is 1. The molecule has 27 heavy (non-hydrogen) atoms. The smallest absolute Gasteiger partial charge is 0.394 e. The van der Waals surface area contributed by atoms with Gasteiger partial charge < -0.3 is 10.0 Å². The normalized spacial score (nSPS) is 24.2. The molecule has 2 heterocycles. The van der Waals surface area contributed by atoms with Gasteiger partial charge in [-0.05, 0) is 19.8 Å². The lowest BCUT2D eigenvalue weighted by atomic mass is 9.96. The summed E-state index contributed by atoms with van der Waals surface area (Å²) in [7, 11) is 0. The van der Waals surface area contributed by atoms with Gasteiger partial charge in [0.1, 0.15) is 0 Å². The highest BCUT2D eigenvalue weighted by Gasteiger charge is 2.53. The average molecular weight is 388 g/mol. The molecular weight excluding hydrogens is 365 g/mol. The zero-order chi connectivity index (χ0) is 19.8. The molecule has 2 amide bonds. The van der Waals surface area contributed by atoms with Gasteiger partial charge in [-0.2, -0.15) is 18.3 Å². The number of aliphatic carboxylic acids is 1. The van der Waals surface area contributed by atoms with Crippen LogP contribution in [0, 0.1) is 18.8 Å². The number of carbonyl (C=O) groups is 2. The number of likely N-dealkylation sites (tertiary alicyclic amines) is 1. The fourth-order valence-corrected chi connectivity index (χ4v) is 3.87. The molecule has 1 aromatic rings.